The van der Waals surface area contributed by atoms with Crippen molar-refractivity contribution in [3.05, 3.63) is 41.5 Å². The van der Waals surface area contributed by atoms with Gasteiger partial charge in [0.2, 0.25) is 5.82 Å². The number of nitrogens with one attached hydrogen (secondary N) is 2. The van der Waals surface area contributed by atoms with Crippen molar-refractivity contribution < 1.29 is 4.79 Å². The summed E-state index contributed by atoms with van der Waals surface area (Å²) in [7, 11) is 0. The first kappa shape index (κ1) is 15.2. The van der Waals surface area contributed by atoms with Gasteiger partial charge in [-0.1, -0.05) is 52.8 Å². The minimum Gasteiger partial charge on any atom is -0.319 e. The van der Waals surface area contributed by atoms with Gasteiger partial charge in [-0.05, 0) is 17.0 Å². The molecule has 0 radical (unpaired) electrons. The number of nitrogens with zero attached hydrogens (tertiary/aromatic N) is 2. The van der Waals surface area contributed by atoms with E-state index in [0.717, 1.165) is 11.3 Å². The Hall–Kier alpha value is -2.17. The lowest BCUT2D eigenvalue weighted by Crippen LogP contribution is -2.19. The first-order valence-electron chi connectivity index (χ1n) is 7.12. The van der Waals surface area contributed by atoms with E-state index in [1.807, 2.05) is 38.1 Å². The molecule has 0 unspecified atom stereocenters. The summed E-state index contributed by atoms with van der Waals surface area (Å²) in [6, 6.07) is 7.80. The molecule has 1 aromatic carbocycles. The summed E-state index contributed by atoms with van der Waals surface area (Å²) >= 11 is 0. The highest BCUT2D eigenvalue weighted by atomic mass is 16.2. The molecule has 0 saturated carbocycles. The highest BCUT2D eigenvalue weighted by molar-refractivity contribution is 6.02. The first-order valence-corrected chi connectivity index (χ1v) is 7.12. The van der Waals surface area contributed by atoms with Crippen LogP contribution < -0.4 is 5.32 Å². The van der Waals surface area contributed by atoms with Crippen LogP contribution in [0.3, 0.4) is 0 Å². The largest absolute Gasteiger partial charge is 0.319 e. The second-order valence-electron chi connectivity index (χ2n) is 6.45. The molecule has 0 atom stereocenters. The van der Waals surface area contributed by atoms with Crippen LogP contribution in [0.25, 0.3) is 0 Å². The quantitative estimate of drug-likeness (QED) is 0.907. The van der Waals surface area contributed by atoms with Crippen LogP contribution in [0.5, 0.6) is 0 Å². The monoisotopic (exact) mass is 286 g/mol. The lowest BCUT2D eigenvalue weighted by Gasteiger charge is -2.22. The number of aromatic nitrogens is 3. The summed E-state index contributed by atoms with van der Waals surface area (Å²) in [6.07, 6.45) is 0. The number of carbonyl (C=O) groups is 1. The van der Waals surface area contributed by atoms with Crippen LogP contribution in [0.15, 0.2) is 24.3 Å². The van der Waals surface area contributed by atoms with E-state index in [0.29, 0.717) is 5.82 Å². The third kappa shape index (κ3) is 3.48. The number of H-pyrrole nitrogens is 1. The van der Waals surface area contributed by atoms with Crippen LogP contribution >= 0.6 is 0 Å². The SMILES string of the molecule is CC(C)c1nc(C(=O)Nc2ccccc2C(C)(C)C)n[nH]1. The Morgan fingerprint density at radius 1 is 1.24 bits per heavy atom. The fraction of sp³-hybridized carbons (Fsp3) is 0.438. The average Bonchev–Trinajstić information content (AvgIpc) is 2.88. The number of hydrogen-bond donors (Lipinski definition) is 2. The van der Waals surface area contributed by atoms with Gasteiger partial charge < -0.3 is 5.32 Å². The van der Waals surface area contributed by atoms with Crippen LogP contribution in [0.2, 0.25) is 0 Å². The predicted octanol–water partition coefficient (Wildman–Crippen LogP) is 3.48. The molecule has 0 aliphatic carbocycles. The molecule has 5 heteroatoms. The van der Waals surface area contributed by atoms with Crippen LogP contribution in [0, 0.1) is 0 Å². The third-order valence-electron chi connectivity index (χ3n) is 3.24. The Balaban J connectivity index is 2.24. The Kier molecular flexibility index (Phi) is 4.11. The third-order valence-corrected chi connectivity index (χ3v) is 3.24. The zero-order valence-electron chi connectivity index (χ0n) is 13.2. The standard InChI is InChI=1S/C16H22N4O/c1-10(2)13-18-14(20-19-13)15(21)17-12-9-7-6-8-11(12)16(3,4)5/h6-10H,1-5H3,(H,17,21)(H,18,19,20). The molecule has 0 aliphatic heterocycles. The zero-order valence-corrected chi connectivity index (χ0v) is 13.2. The van der Waals surface area contributed by atoms with Gasteiger partial charge in [0.15, 0.2) is 0 Å². The molecule has 2 N–H and O–H groups in total. The molecule has 21 heavy (non-hydrogen) atoms. The lowest BCUT2D eigenvalue weighted by atomic mass is 9.86. The molecule has 0 aliphatic rings. The highest BCUT2D eigenvalue weighted by Gasteiger charge is 2.20. The van der Waals surface area contributed by atoms with Crippen molar-refractivity contribution in [3.63, 3.8) is 0 Å². The van der Waals surface area contributed by atoms with Crippen LogP contribution in [0.1, 0.15) is 62.5 Å². The van der Waals surface area contributed by atoms with E-state index >= 15 is 0 Å². The van der Waals surface area contributed by atoms with E-state index in [9.17, 15) is 4.79 Å². The number of hydrogen-bond acceptors (Lipinski definition) is 3. The van der Waals surface area contributed by atoms with E-state index in [2.05, 4.69) is 41.3 Å². The minimum absolute atomic E-state index is 0.0496. The molecule has 2 aromatic rings. The van der Waals surface area contributed by atoms with Gasteiger partial charge >= 0.3 is 0 Å². The molecule has 1 amide bonds. The maximum absolute atomic E-state index is 12.3. The van der Waals surface area contributed by atoms with Gasteiger partial charge in [0, 0.05) is 11.6 Å². The highest BCUT2D eigenvalue weighted by Crippen LogP contribution is 2.29. The van der Waals surface area contributed by atoms with E-state index in [1.165, 1.54) is 0 Å². The Morgan fingerprint density at radius 3 is 2.48 bits per heavy atom. The number of anilines is 1. The van der Waals surface area contributed by atoms with E-state index in [-0.39, 0.29) is 23.1 Å². The van der Waals surface area contributed by atoms with Crippen molar-refractivity contribution >= 4 is 11.6 Å². The Morgan fingerprint density at radius 2 is 1.90 bits per heavy atom. The number of carbonyl (C=O) groups excluding carboxylic acids is 1. The number of aromatic amines is 1. The van der Waals surface area contributed by atoms with Crippen molar-refractivity contribution in [2.24, 2.45) is 0 Å². The topological polar surface area (TPSA) is 70.7 Å². The summed E-state index contributed by atoms with van der Waals surface area (Å²) < 4.78 is 0. The van der Waals surface area contributed by atoms with E-state index in [4.69, 9.17) is 0 Å². The van der Waals surface area contributed by atoms with Crippen molar-refractivity contribution in [2.45, 2.75) is 46.0 Å². The molecule has 0 spiro atoms. The van der Waals surface area contributed by atoms with Crippen molar-refractivity contribution in [3.8, 4) is 0 Å². The van der Waals surface area contributed by atoms with Gasteiger partial charge in [-0.2, -0.15) is 0 Å². The molecular weight excluding hydrogens is 264 g/mol. The summed E-state index contributed by atoms with van der Waals surface area (Å²) in [5.74, 6) is 0.794. The van der Waals surface area contributed by atoms with Gasteiger partial charge in [-0.3, -0.25) is 9.89 Å². The Labute approximate surface area is 125 Å². The van der Waals surface area contributed by atoms with Crippen LogP contribution in [-0.4, -0.2) is 21.1 Å². The normalized spacial score (nSPS) is 11.7. The zero-order chi connectivity index (χ0) is 15.6. The van der Waals surface area contributed by atoms with Crippen LogP contribution in [0.4, 0.5) is 5.69 Å². The molecule has 0 bridgehead atoms. The predicted molar refractivity (Wildman–Crippen MR) is 83.6 cm³/mol. The second kappa shape index (κ2) is 5.68. The molecule has 1 heterocycles. The van der Waals surface area contributed by atoms with Crippen molar-refractivity contribution in [1.82, 2.24) is 15.2 Å². The number of rotatable bonds is 3. The fourth-order valence-electron chi connectivity index (χ4n) is 2.06. The second-order valence-corrected chi connectivity index (χ2v) is 6.45. The maximum Gasteiger partial charge on any atom is 0.295 e. The van der Waals surface area contributed by atoms with Gasteiger partial charge in [0.05, 0.1) is 0 Å². The van der Waals surface area contributed by atoms with Gasteiger partial charge in [0.1, 0.15) is 5.82 Å². The molecule has 0 fully saturated rings. The maximum atomic E-state index is 12.3. The molecule has 5 nitrogen and oxygen atoms in total. The summed E-state index contributed by atoms with van der Waals surface area (Å²) in [4.78, 5) is 16.5. The summed E-state index contributed by atoms with van der Waals surface area (Å²) in [6.45, 7) is 10.3. The molecule has 112 valence electrons. The lowest BCUT2D eigenvalue weighted by molar-refractivity contribution is 0.101. The van der Waals surface area contributed by atoms with Crippen molar-refractivity contribution in [1.29, 1.82) is 0 Å². The van der Waals surface area contributed by atoms with E-state index in [1.54, 1.807) is 0 Å². The summed E-state index contributed by atoms with van der Waals surface area (Å²) in [5, 5.41) is 9.67. The smallest absolute Gasteiger partial charge is 0.295 e. The van der Waals surface area contributed by atoms with Gasteiger partial charge in [-0.25, -0.2) is 4.98 Å². The first-order chi connectivity index (χ1) is 9.79. The molecule has 2 rings (SSSR count). The van der Waals surface area contributed by atoms with Crippen LogP contribution in [-0.2, 0) is 5.41 Å². The fourth-order valence-corrected chi connectivity index (χ4v) is 2.06. The number of benzene rings is 1. The van der Waals surface area contributed by atoms with Gasteiger partial charge in [0.25, 0.3) is 5.91 Å². The molecule has 1 aromatic heterocycles. The average molecular weight is 286 g/mol. The van der Waals surface area contributed by atoms with E-state index < -0.39 is 0 Å². The Bertz CT molecular complexity index is 638. The molecular formula is C16H22N4O. The molecule has 0 saturated heterocycles. The van der Waals surface area contributed by atoms with Crippen molar-refractivity contribution in [2.75, 3.05) is 5.32 Å². The number of para-hydroxylation sites is 1. The number of amides is 1. The summed E-state index contributed by atoms with van der Waals surface area (Å²) in [5.41, 5.74) is 1.83. The minimum atomic E-state index is -0.296. The van der Waals surface area contributed by atoms with Gasteiger partial charge in [-0.15, -0.1) is 5.10 Å².